The van der Waals surface area contributed by atoms with Crippen molar-refractivity contribution in [1.82, 2.24) is 0 Å². The number of carbonyl (C=O) groups is 2. The lowest BCUT2D eigenvalue weighted by molar-refractivity contribution is 0.0996. The molecule has 31 heavy (non-hydrogen) atoms. The Kier molecular flexibility index (Phi) is 5.66. The highest BCUT2D eigenvalue weighted by molar-refractivity contribution is 6.23. The van der Waals surface area contributed by atoms with Gasteiger partial charge in [-0.25, -0.2) is 0 Å². The van der Waals surface area contributed by atoms with Crippen LogP contribution in [0.25, 0.3) is 11.1 Å². The lowest BCUT2D eigenvalue weighted by Crippen LogP contribution is -2.26. The minimum atomic E-state index is -0.184. The summed E-state index contributed by atoms with van der Waals surface area (Å²) < 4.78 is 0. The van der Waals surface area contributed by atoms with Crippen molar-refractivity contribution in [2.75, 3.05) is 0 Å². The topological polar surface area (TPSA) is 34.1 Å². The van der Waals surface area contributed by atoms with E-state index in [-0.39, 0.29) is 17.0 Å². The maximum absolute atomic E-state index is 13.5. The van der Waals surface area contributed by atoms with E-state index < -0.39 is 0 Å². The van der Waals surface area contributed by atoms with E-state index in [1.54, 1.807) is 0 Å². The molecule has 2 nitrogen and oxygen atoms in total. The normalized spacial score (nSPS) is 18.3. The first-order valence-corrected chi connectivity index (χ1v) is 11.4. The quantitative estimate of drug-likeness (QED) is 0.512. The summed E-state index contributed by atoms with van der Waals surface area (Å²) in [6.45, 7) is 8.59. The second-order valence-electron chi connectivity index (χ2n) is 8.82. The van der Waals surface area contributed by atoms with Crippen molar-refractivity contribution in [3.8, 4) is 0 Å². The minimum Gasteiger partial charge on any atom is -0.289 e. The third-order valence-corrected chi connectivity index (χ3v) is 7.09. The highest BCUT2D eigenvalue weighted by atomic mass is 16.1. The molecule has 2 aromatic carbocycles. The zero-order valence-electron chi connectivity index (χ0n) is 18.9. The van der Waals surface area contributed by atoms with E-state index in [1.807, 2.05) is 48.5 Å². The second kappa shape index (κ2) is 8.26. The third kappa shape index (κ3) is 3.44. The summed E-state index contributed by atoms with van der Waals surface area (Å²) in [7, 11) is 0. The first-order chi connectivity index (χ1) is 14.9. The SMILES string of the molecule is CCCC1=CC(=C2C=C(C(C)(CC)CC)C(=O)c3ccccc32)c2ccccc2C1=O. The van der Waals surface area contributed by atoms with Crippen LogP contribution >= 0.6 is 0 Å². The fourth-order valence-corrected chi connectivity index (χ4v) is 4.74. The van der Waals surface area contributed by atoms with Gasteiger partial charge in [0.2, 0.25) is 0 Å². The van der Waals surface area contributed by atoms with Crippen molar-refractivity contribution in [3.05, 3.63) is 94.1 Å². The van der Waals surface area contributed by atoms with Crippen molar-refractivity contribution in [2.24, 2.45) is 5.41 Å². The van der Waals surface area contributed by atoms with Crippen LogP contribution in [0.1, 0.15) is 85.2 Å². The standard InChI is InChI=1S/C29H30O2/c1-5-12-19-17-24(20-13-8-10-15-22(20)27(19)30)25-18-26(29(4,6-2)7-3)28(31)23-16-11-9-14-21(23)25/h8-11,13-18H,5-7,12H2,1-4H3. The van der Waals surface area contributed by atoms with Crippen LogP contribution in [0.15, 0.2) is 71.8 Å². The lowest BCUT2D eigenvalue weighted by atomic mass is 9.69. The molecule has 0 atom stereocenters. The molecule has 4 rings (SSSR count). The van der Waals surface area contributed by atoms with Crippen LogP contribution in [-0.2, 0) is 0 Å². The molecule has 0 saturated heterocycles. The van der Waals surface area contributed by atoms with Gasteiger partial charge in [-0.2, -0.15) is 0 Å². The Labute approximate surface area is 185 Å². The zero-order chi connectivity index (χ0) is 22.2. The molecule has 0 N–H and O–H groups in total. The van der Waals surface area contributed by atoms with Crippen LogP contribution in [0, 0.1) is 5.41 Å². The fraction of sp³-hybridized carbons (Fsp3) is 0.310. The van der Waals surface area contributed by atoms with Crippen molar-refractivity contribution < 1.29 is 9.59 Å². The van der Waals surface area contributed by atoms with Gasteiger partial charge in [0.15, 0.2) is 11.6 Å². The van der Waals surface area contributed by atoms with Gasteiger partial charge in [0, 0.05) is 22.3 Å². The molecular weight excluding hydrogens is 380 g/mol. The van der Waals surface area contributed by atoms with Gasteiger partial charge in [0.05, 0.1) is 0 Å². The number of fused-ring (bicyclic) bond motifs is 2. The first kappa shape index (κ1) is 21.2. The summed E-state index contributed by atoms with van der Waals surface area (Å²) in [5.41, 5.74) is 7.06. The second-order valence-corrected chi connectivity index (χ2v) is 8.82. The van der Waals surface area contributed by atoms with Crippen molar-refractivity contribution >= 4 is 22.7 Å². The van der Waals surface area contributed by atoms with E-state index in [4.69, 9.17) is 0 Å². The van der Waals surface area contributed by atoms with Gasteiger partial charge >= 0.3 is 0 Å². The van der Waals surface area contributed by atoms with Crippen LogP contribution in [0.2, 0.25) is 0 Å². The van der Waals surface area contributed by atoms with Crippen molar-refractivity contribution in [1.29, 1.82) is 0 Å². The van der Waals surface area contributed by atoms with Crippen molar-refractivity contribution in [3.63, 3.8) is 0 Å². The molecule has 0 radical (unpaired) electrons. The molecule has 0 bridgehead atoms. The molecule has 2 aliphatic carbocycles. The summed E-state index contributed by atoms with van der Waals surface area (Å²) in [4.78, 5) is 26.6. The maximum atomic E-state index is 13.5. The average molecular weight is 411 g/mol. The van der Waals surface area contributed by atoms with Crippen LogP contribution in [-0.4, -0.2) is 11.6 Å². The van der Waals surface area contributed by atoms with Gasteiger partial charge < -0.3 is 0 Å². The highest BCUT2D eigenvalue weighted by Crippen LogP contribution is 2.45. The lowest BCUT2D eigenvalue weighted by Gasteiger charge is -2.33. The molecule has 0 saturated carbocycles. The number of rotatable bonds is 5. The highest BCUT2D eigenvalue weighted by Gasteiger charge is 2.36. The van der Waals surface area contributed by atoms with Gasteiger partial charge in [-0.05, 0) is 59.1 Å². The molecule has 0 spiro atoms. The van der Waals surface area contributed by atoms with Crippen LogP contribution in [0.3, 0.4) is 0 Å². The third-order valence-electron chi connectivity index (χ3n) is 7.09. The molecule has 0 heterocycles. The number of hydrogen-bond donors (Lipinski definition) is 0. The smallest absolute Gasteiger partial charge is 0.190 e. The van der Waals surface area contributed by atoms with Crippen LogP contribution in [0.5, 0.6) is 0 Å². The van der Waals surface area contributed by atoms with Gasteiger partial charge in [-0.3, -0.25) is 9.59 Å². The maximum Gasteiger partial charge on any atom is 0.190 e. The number of ketones is 2. The summed E-state index contributed by atoms with van der Waals surface area (Å²) in [5, 5.41) is 0. The Morgan fingerprint density at radius 1 is 0.677 bits per heavy atom. The predicted octanol–water partition coefficient (Wildman–Crippen LogP) is 7.47. The Morgan fingerprint density at radius 3 is 1.68 bits per heavy atom. The summed E-state index contributed by atoms with van der Waals surface area (Å²) in [6, 6.07) is 15.8. The van der Waals surface area contributed by atoms with Crippen molar-refractivity contribution in [2.45, 2.75) is 53.4 Å². The minimum absolute atomic E-state index is 0.123. The molecule has 158 valence electrons. The zero-order valence-corrected chi connectivity index (χ0v) is 18.9. The molecule has 0 aliphatic heterocycles. The van der Waals surface area contributed by atoms with E-state index in [2.05, 4.69) is 39.8 Å². The molecule has 2 heteroatoms. The van der Waals surface area contributed by atoms with Gasteiger partial charge in [-0.1, -0.05) is 82.6 Å². The molecule has 0 unspecified atom stereocenters. The van der Waals surface area contributed by atoms with E-state index in [0.717, 1.165) is 70.2 Å². The average Bonchev–Trinajstić information content (AvgIpc) is 2.81. The Bertz CT molecular complexity index is 1150. The molecule has 2 aromatic rings. The predicted molar refractivity (Wildman–Crippen MR) is 128 cm³/mol. The first-order valence-electron chi connectivity index (χ1n) is 11.4. The molecule has 0 fully saturated rings. The Morgan fingerprint density at radius 2 is 1.16 bits per heavy atom. The summed E-state index contributed by atoms with van der Waals surface area (Å²) in [6.07, 6.45) is 7.65. The fourth-order valence-electron chi connectivity index (χ4n) is 4.74. The molecule has 0 amide bonds. The van der Waals surface area contributed by atoms with E-state index in [0.29, 0.717) is 0 Å². The molecule has 2 aliphatic rings. The number of benzene rings is 2. The summed E-state index contributed by atoms with van der Waals surface area (Å²) >= 11 is 0. The summed E-state index contributed by atoms with van der Waals surface area (Å²) in [5.74, 6) is 0.252. The van der Waals surface area contributed by atoms with E-state index in [9.17, 15) is 9.59 Å². The van der Waals surface area contributed by atoms with E-state index in [1.165, 1.54) is 0 Å². The monoisotopic (exact) mass is 410 g/mol. The number of carbonyl (C=O) groups excluding carboxylic acids is 2. The molecular formula is C29H30O2. The van der Waals surface area contributed by atoms with Crippen LogP contribution < -0.4 is 0 Å². The Balaban J connectivity index is 2.08. The van der Waals surface area contributed by atoms with Crippen LogP contribution in [0.4, 0.5) is 0 Å². The van der Waals surface area contributed by atoms with Gasteiger partial charge in [-0.15, -0.1) is 0 Å². The molecule has 0 aromatic heterocycles. The number of hydrogen-bond acceptors (Lipinski definition) is 2. The van der Waals surface area contributed by atoms with E-state index >= 15 is 0 Å². The van der Waals surface area contributed by atoms with Gasteiger partial charge in [0.1, 0.15) is 0 Å². The number of allylic oxidation sites excluding steroid dienone is 6. The van der Waals surface area contributed by atoms with Gasteiger partial charge in [0.25, 0.3) is 0 Å². The number of Topliss-reactive ketones (excluding diaryl/α,β-unsaturated/α-hetero) is 2. The Hall–Kier alpha value is -3.00. The largest absolute Gasteiger partial charge is 0.289 e.